The van der Waals surface area contributed by atoms with Gasteiger partial charge in [0.05, 0.1) is 7.11 Å². The lowest BCUT2D eigenvalue weighted by Gasteiger charge is -2.28. The van der Waals surface area contributed by atoms with Gasteiger partial charge in [-0.1, -0.05) is 96.8 Å². The quantitative estimate of drug-likeness (QED) is 0.493. The van der Waals surface area contributed by atoms with Gasteiger partial charge < -0.3 is 4.74 Å². The molecule has 132 valence electrons. The van der Waals surface area contributed by atoms with Crippen molar-refractivity contribution in [3.05, 3.63) is 91.0 Å². The molecule has 0 aromatic heterocycles. The van der Waals surface area contributed by atoms with Gasteiger partial charge in [-0.3, -0.25) is 4.79 Å². The minimum absolute atomic E-state index is 0.173. The molecule has 3 aromatic carbocycles. The second-order valence-electron chi connectivity index (χ2n) is 6.03. The highest BCUT2D eigenvalue weighted by Crippen LogP contribution is 2.43. The average Bonchev–Trinajstić information content (AvgIpc) is 2.73. The lowest BCUT2D eigenvalue weighted by atomic mass is 10.3. The Kier molecular flexibility index (Phi) is 6.09. The molecule has 3 heteroatoms. The highest BCUT2D eigenvalue weighted by atomic mass is 31.2. The maximum absolute atomic E-state index is 11.7. The summed E-state index contributed by atoms with van der Waals surface area (Å²) in [5, 5.41) is 3.88. The van der Waals surface area contributed by atoms with Gasteiger partial charge in [0.15, 0.2) is 0 Å². The fraction of sp³-hybridized carbons (Fsp3) is 0.130. The number of benzene rings is 3. The molecule has 0 aliphatic heterocycles. The molecule has 0 radical (unpaired) electrons. The molecule has 2 nitrogen and oxygen atoms in total. The molecule has 0 aliphatic rings. The van der Waals surface area contributed by atoms with Crippen molar-refractivity contribution in [1.29, 1.82) is 0 Å². The molecule has 0 heterocycles. The Hall–Kier alpha value is -2.57. The van der Waals surface area contributed by atoms with Crippen molar-refractivity contribution in [3.63, 3.8) is 0 Å². The number of carbonyl (C=O) groups is 1. The molecule has 3 rings (SSSR count). The molecule has 0 amide bonds. The van der Waals surface area contributed by atoms with E-state index >= 15 is 0 Å². The van der Waals surface area contributed by atoms with E-state index in [-0.39, 0.29) is 5.97 Å². The first kappa shape index (κ1) is 18.2. The standard InChI is InChI=1S/C23H23O2P/c1-25-23(24)18-11-19-26(20-12-5-2-6-13-20,21-14-7-3-8-15-21)22-16-9-4-10-17-22/h2-10,12-17,19H,11,18H2,1H3. The number of methoxy groups -OCH3 is 1. The third-order valence-corrected chi connectivity index (χ3v) is 8.61. The normalized spacial score (nSPS) is 11.0. The summed E-state index contributed by atoms with van der Waals surface area (Å²) < 4.78 is 4.84. The molecule has 0 saturated heterocycles. The van der Waals surface area contributed by atoms with Crippen LogP contribution in [0.2, 0.25) is 0 Å². The first-order chi connectivity index (χ1) is 12.8. The molecule has 0 spiro atoms. The Morgan fingerprint density at radius 2 is 1.15 bits per heavy atom. The number of hydrogen-bond donors (Lipinski definition) is 0. The number of esters is 1. The number of carbonyl (C=O) groups excluding carboxylic acids is 1. The Balaban J connectivity index is 2.25. The largest absolute Gasteiger partial charge is 0.469 e. The molecule has 26 heavy (non-hydrogen) atoms. The lowest BCUT2D eigenvalue weighted by molar-refractivity contribution is -0.140. The Bertz CT molecular complexity index is 784. The Morgan fingerprint density at radius 3 is 1.50 bits per heavy atom. The molecule has 0 aliphatic carbocycles. The summed E-state index contributed by atoms with van der Waals surface area (Å²) in [7, 11) is 1.44. The van der Waals surface area contributed by atoms with Crippen LogP contribution in [-0.4, -0.2) is 18.9 Å². The van der Waals surface area contributed by atoms with Crippen molar-refractivity contribution in [2.24, 2.45) is 0 Å². The summed E-state index contributed by atoms with van der Waals surface area (Å²) in [6, 6.07) is 31.8. The second kappa shape index (κ2) is 8.69. The van der Waals surface area contributed by atoms with E-state index in [2.05, 4.69) is 78.6 Å². The summed E-state index contributed by atoms with van der Waals surface area (Å²) >= 11 is 0. The predicted octanol–water partition coefficient (Wildman–Crippen LogP) is 3.74. The van der Waals surface area contributed by atoms with Crippen LogP contribution >= 0.6 is 6.89 Å². The topological polar surface area (TPSA) is 26.3 Å². The molecular weight excluding hydrogens is 339 g/mol. The third-order valence-electron chi connectivity index (χ3n) is 4.47. The van der Waals surface area contributed by atoms with Crippen LogP contribution in [0.4, 0.5) is 0 Å². The van der Waals surface area contributed by atoms with Crippen molar-refractivity contribution < 1.29 is 9.53 Å². The van der Waals surface area contributed by atoms with Crippen molar-refractivity contribution in [2.75, 3.05) is 7.11 Å². The van der Waals surface area contributed by atoms with Crippen LogP contribution in [-0.2, 0) is 9.53 Å². The maximum atomic E-state index is 11.7. The summed E-state index contributed by atoms with van der Waals surface area (Å²) in [5.74, 6) is 2.18. The van der Waals surface area contributed by atoms with Crippen LogP contribution in [0.25, 0.3) is 0 Å². The van der Waals surface area contributed by atoms with Crippen LogP contribution in [0.15, 0.2) is 91.0 Å². The van der Waals surface area contributed by atoms with Crippen molar-refractivity contribution >= 4 is 34.6 Å². The third kappa shape index (κ3) is 3.81. The predicted molar refractivity (Wildman–Crippen MR) is 112 cm³/mol. The van der Waals surface area contributed by atoms with Gasteiger partial charge in [0.25, 0.3) is 0 Å². The highest BCUT2D eigenvalue weighted by Gasteiger charge is 2.24. The highest BCUT2D eigenvalue weighted by molar-refractivity contribution is 7.94. The smallest absolute Gasteiger partial charge is 0.305 e. The van der Waals surface area contributed by atoms with Gasteiger partial charge in [-0.05, 0) is 29.2 Å². The molecule has 3 aromatic rings. The zero-order valence-corrected chi connectivity index (χ0v) is 15.8. The summed E-state index contributed by atoms with van der Waals surface area (Å²) in [6.45, 7) is -1.95. The zero-order valence-electron chi connectivity index (χ0n) is 14.9. The average molecular weight is 362 g/mol. The minimum Gasteiger partial charge on any atom is -0.469 e. The second-order valence-corrected chi connectivity index (χ2v) is 9.39. The van der Waals surface area contributed by atoms with Crippen molar-refractivity contribution in [2.45, 2.75) is 12.8 Å². The number of rotatable bonds is 6. The zero-order chi connectivity index (χ0) is 18.2. The SMILES string of the molecule is COC(=O)CCC=P(c1ccccc1)(c1ccccc1)c1ccccc1. The number of hydrogen-bond acceptors (Lipinski definition) is 2. The van der Waals surface area contributed by atoms with E-state index in [1.54, 1.807) is 0 Å². The van der Waals surface area contributed by atoms with Crippen LogP contribution in [0.5, 0.6) is 0 Å². The van der Waals surface area contributed by atoms with Crippen LogP contribution in [0, 0.1) is 0 Å². The van der Waals surface area contributed by atoms with Crippen molar-refractivity contribution in [3.8, 4) is 0 Å². The van der Waals surface area contributed by atoms with Crippen LogP contribution in [0.3, 0.4) is 0 Å². The van der Waals surface area contributed by atoms with Gasteiger partial charge in [-0.25, -0.2) is 0 Å². The van der Waals surface area contributed by atoms with E-state index in [1.165, 1.54) is 23.0 Å². The molecule has 0 fully saturated rings. The molecular formula is C23H23O2P. The van der Waals surface area contributed by atoms with E-state index in [4.69, 9.17) is 4.74 Å². The summed E-state index contributed by atoms with van der Waals surface area (Å²) in [4.78, 5) is 11.7. The molecule has 0 bridgehead atoms. The van der Waals surface area contributed by atoms with Gasteiger partial charge >= 0.3 is 5.97 Å². The first-order valence-electron chi connectivity index (χ1n) is 8.74. The van der Waals surface area contributed by atoms with E-state index in [1.807, 2.05) is 18.2 Å². The molecule has 0 unspecified atom stereocenters. The van der Waals surface area contributed by atoms with Gasteiger partial charge in [0.2, 0.25) is 0 Å². The number of ether oxygens (including phenoxy) is 1. The minimum atomic E-state index is -1.95. The van der Waals surface area contributed by atoms with Gasteiger partial charge in [-0.15, -0.1) is 0 Å². The molecule has 0 saturated carbocycles. The Morgan fingerprint density at radius 1 is 0.769 bits per heavy atom. The van der Waals surface area contributed by atoms with Crippen LogP contribution in [0.1, 0.15) is 12.8 Å². The fourth-order valence-corrected chi connectivity index (χ4v) is 7.20. The lowest BCUT2D eigenvalue weighted by Crippen LogP contribution is -2.27. The summed E-state index contributed by atoms with van der Waals surface area (Å²) in [6.07, 6.45) is 1.07. The Labute approximate surface area is 155 Å². The van der Waals surface area contributed by atoms with E-state index in [9.17, 15) is 4.79 Å². The molecule has 0 N–H and O–H groups in total. The summed E-state index contributed by atoms with van der Waals surface area (Å²) in [5.41, 5.74) is 0. The maximum Gasteiger partial charge on any atom is 0.305 e. The van der Waals surface area contributed by atoms with E-state index < -0.39 is 6.89 Å². The fourth-order valence-electron chi connectivity index (χ4n) is 3.23. The van der Waals surface area contributed by atoms with Gasteiger partial charge in [-0.2, -0.15) is 0 Å². The van der Waals surface area contributed by atoms with Crippen LogP contribution < -0.4 is 15.9 Å². The first-order valence-corrected chi connectivity index (χ1v) is 10.6. The van der Waals surface area contributed by atoms with Crippen molar-refractivity contribution in [1.82, 2.24) is 0 Å². The van der Waals surface area contributed by atoms with Gasteiger partial charge in [0.1, 0.15) is 0 Å². The van der Waals surface area contributed by atoms with Gasteiger partial charge in [0, 0.05) is 6.42 Å². The monoisotopic (exact) mass is 362 g/mol. The van der Waals surface area contributed by atoms with E-state index in [0.29, 0.717) is 12.8 Å². The molecule has 0 atom stereocenters. The van der Waals surface area contributed by atoms with E-state index in [0.717, 1.165) is 0 Å².